The topological polar surface area (TPSA) is 75.9 Å². The number of hydrazine groups is 1. The van der Waals surface area contributed by atoms with Crippen LogP contribution in [0.2, 0.25) is 0 Å². The Balaban J connectivity index is 2.37. The third-order valence-electron chi connectivity index (χ3n) is 3.06. The molecular weight excluding hydrogens is 250 g/mol. The molecule has 106 valence electrons. The summed E-state index contributed by atoms with van der Waals surface area (Å²) in [4.78, 5) is 8.87. The number of nitrogen functional groups attached to an aromatic ring is 1. The summed E-state index contributed by atoms with van der Waals surface area (Å²) in [5.41, 5.74) is 6.00. The summed E-state index contributed by atoms with van der Waals surface area (Å²) in [6.45, 7) is 8.24. The van der Waals surface area contributed by atoms with Gasteiger partial charge in [-0.25, -0.2) is 15.8 Å². The molecule has 0 bridgehead atoms. The van der Waals surface area contributed by atoms with Crippen molar-refractivity contribution in [3.63, 3.8) is 0 Å². The molecule has 0 atom stereocenters. The van der Waals surface area contributed by atoms with Crippen LogP contribution in [0.4, 0.5) is 17.3 Å². The molecule has 0 aliphatic rings. The van der Waals surface area contributed by atoms with Gasteiger partial charge in [-0.2, -0.15) is 0 Å². The van der Waals surface area contributed by atoms with E-state index in [1.54, 1.807) is 6.07 Å². The first-order chi connectivity index (χ1) is 9.49. The summed E-state index contributed by atoms with van der Waals surface area (Å²) in [5.74, 6) is 7.81. The van der Waals surface area contributed by atoms with Crippen molar-refractivity contribution in [2.75, 3.05) is 10.7 Å². The lowest BCUT2D eigenvalue weighted by molar-refractivity contribution is 0.777. The lowest BCUT2D eigenvalue weighted by Gasteiger charge is -2.13. The Hall–Kier alpha value is -2.14. The number of hydrogen-bond acceptors (Lipinski definition) is 5. The Labute approximate surface area is 119 Å². The maximum absolute atomic E-state index is 5.47. The Bertz CT molecular complexity index is 607. The number of nitrogens with one attached hydrogen (secondary N) is 2. The second-order valence-electron chi connectivity index (χ2n) is 5.24. The van der Waals surface area contributed by atoms with Crippen LogP contribution in [0, 0.1) is 13.8 Å². The maximum Gasteiger partial charge on any atom is 0.145 e. The number of anilines is 3. The van der Waals surface area contributed by atoms with Gasteiger partial charge in [-0.15, -0.1) is 0 Å². The van der Waals surface area contributed by atoms with Crippen molar-refractivity contribution >= 4 is 17.3 Å². The van der Waals surface area contributed by atoms with Gasteiger partial charge in [0.2, 0.25) is 0 Å². The van der Waals surface area contributed by atoms with E-state index in [9.17, 15) is 0 Å². The molecule has 4 N–H and O–H groups in total. The molecule has 0 fully saturated rings. The zero-order chi connectivity index (χ0) is 14.7. The van der Waals surface area contributed by atoms with Gasteiger partial charge in [0.25, 0.3) is 0 Å². The molecule has 0 aliphatic heterocycles. The zero-order valence-electron chi connectivity index (χ0n) is 12.4. The van der Waals surface area contributed by atoms with E-state index in [0.717, 1.165) is 17.3 Å². The van der Waals surface area contributed by atoms with E-state index in [-0.39, 0.29) is 5.92 Å². The summed E-state index contributed by atoms with van der Waals surface area (Å²) in [6.07, 6.45) is 0. The molecule has 0 spiro atoms. The van der Waals surface area contributed by atoms with E-state index in [2.05, 4.69) is 66.6 Å². The zero-order valence-corrected chi connectivity index (χ0v) is 12.4. The quantitative estimate of drug-likeness (QED) is 0.588. The fourth-order valence-corrected chi connectivity index (χ4v) is 1.87. The Kier molecular flexibility index (Phi) is 4.20. The highest BCUT2D eigenvalue weighted by Crippen LogP contribution is 2.23. The molecular formula is C15H21N5. The number of nitrogens with two attached hydrogens (primary N) is 1. The Morgan fingerprint density at radius 2 is 1.75 bits per heavy atom. The average molecular weight is 271 g/mol. The minimum atomic E-state index is 0.238. The fourth-order valence-electron chi connectivity index (χ4n) is 1.87. The van der Waals surface area contributed by atoms with Gasteiger partial charge < -0.3 is 10.7 Å². The van der Waals surface area contributed by atoms with E-state index in [4.69, 9.17) is 5.84 Å². The second-order valence-corrected chi connectivity index (χ2v) is 5.24. The van der Waals surface area contributed by atoms with Gasteiger partial charge in [-0.3, -0.25) is 0 Å². The number of aryl methyl sites for hydroxylation is 2. The maximum atomic E-state index is 5.47. The van der Waals surface area contributed by atoms with Crippen molar-refractivity contribution in [3.8, 4) is 0 Å². The first-order valence-electron chi connectivity index (χ1n) is 6.69. The monoisotopic (exact) mass is 271 g/mol. The van der Waals surface area contributed by atoms with Gasteiger partial charge in [0.15, 0.2) is 0 Å². The van der Waals surface area contributed by atoms with Gasteiger partial charge >= 0.3 is 0 Å². The van der Waals surface area contributed by atoms with Gasteiger partial charge in [0, 0.05) is 17.7 Å². The van der Waals surface area contributed by atoms with Crippen LogP contribution in [-0.2, 0) is 0 Å². The van der Waals surface area contributed by atoms with Crippen LogP contribution in [-0.4, -0.2) is 9.97 Å². The highest BCUT2D eigenvalue weighted by molar-refractivity contribution is 5.63. The summed E-state index contributed by atoms with van der Waals surface area (Å²) in [5, 5.41) is 3.34. The Morgan fingerprint density at radius 3 is 2.40 bits per heavy atom. The van der Waals surface area contributed by atoms with Gasteiger partial charge in [-0.1, -0.05) is 26.0 Å². The third-order valence-corrected chi connectivity index (χ3v) is 3.06. The molecule has 1 aromatic carbocycles. The summed E-state index contributed by atoms with van der Waals surface area (Å²) in [6, 6.07) is 8.08. The van der Waals surface area contributed by atoms with E-state index >= 15 is 0 Å². The highest BCUT2D eigenvalue weighted by atomic mass is 15.3. The van der Waals surface area contributed by atoms with Crippen LogP contribution < -0.4 is 16.6 Å². The number of rotatable bonds is 4. The summed E-state index contributed by atoms with van der Waals surface area (Å²) >= 11 is 0. The number of nitrogens with zero attached hydrogens (tertiary/aromatic N) is 2. The molecule has 2 aromatic rings. The Morgan fingerprint density at radius 1 is 1.05 bits per heavy atom. The minimum Gasteiger partial charge on any atom is -0.340 e. The molecule has 1 heterocycles. The van der Waals surface area contributed by atoms with E-state index in [1.807, 2.05) is 0 Å². The van der Waals surface area contributed by atoms with E-state index in [0.29, 0.717) is 5.82 Å². The molecule has 5 nitrogen and oxygen atoms in total. The highest BCUT2D eigenvalue weighted by Gasteiger charge is 2.08. The van der Waals surface area contributed by atoms with Crippen molar-refractivity contribution in [1.29, 1.82) is 0 Å². The van der Waals surface area contributed by atoms with E-state index in [1.165, 1.54) is 11.1 Å². The molecule has 0 aliphatic carbocycles. The van der Waals surface area contributed by atoms with Crippen LogP contribution in [0.1, 0.15) is 36.7 Å². The lowest BCUT2D eigenvalue weighted by atomic mass is 10.1. The van der Waals surface area contributed by atoms with E-state index < -0.39 is 0 Å². The smallest absolute Gasteiger partial charge is 0.145 e. The first kappa shape index (κ1) is 14.3. The van der Waals surface area contributed by atoms with Crippen LogP contribution in [0.5, 0.6) is 0 Å². The standard InChI is InChI=1S/C15H21N5/c1-9(2)15-18-13(8-14(19-15)20-16)17-12-7-10(3)5-6-11(12)4/h5-9H,16H2,1-4H3,(H2,17,18,19,20). The van der Waals surface area contributed by atoms with Crippen LogP contribution in [0.3, 0.4) is 0 Å². The SMILES string of the molecule is Cc1ccc(C)c(Nc2cc(NN)nc(C(C)C)n2)c1. The summed E-state index contributed by atoms with van der Waals surface area (Å²) < 4.78 is 0. The molecule has 0 radical (unpaired) electrons. The largest absolute Gasteiger partial charge is 0.340 e. The van der Waals surface area contributed by atoms with Crippen molar-refractivity contribution in [2.45, 2.75) is 33.6 Å². The fraction of sp³-hybridized carbons (Fsp3) is 0.333. The molecule has 0 unspecified atom stereocenters. The molecule has 5 heteroatoms. The molecule has 0 saturated carbocycles. The molecule has 1 aromatic heterocycles. The third kappa shape index (κ3) is 3.24. The minimum absolute atomic E-state index is 0.238. The normalized spacial score (nSPS) is 10.7. The van der Waals surface area contributed by atoms with Crippen LogP contribution >= 0.6 is 0 Å². The molecule has 0 saturated heterocycles. The van der Waals surface area contributed by atoms with Gasteiger partial charge in [0.1, 0.15) is 17.5 Å². The van der Waals surface area contributed by atoms with Crippen molar-refractivity contribution in [3.05, 3.63) is 41.2 Å². The van der Waals surface area contributed by atoms with Crippen LogP contribution in [0.15, 0.2) is 24.3 Å². The average Bonchev–Trinajstić information content (AvgIpc) is 2.42. The number of aromatic nitrogens is 2. The molecule has 0 amide bonds. The van der Waals surface area contributed by atoms with Crippen molar-refractivity contribution < 1.29 is 0 Å². The summed E-state index contributed by atoms with van der Waals surface area (Å²) in [7, 11) is 0. The molecule has 20 heavy (non-hydrogen) atoms. The number of hydrogen-bond donors (Lipinski definition) is 3. The molecule has 2 rings (SSSR count). The van der Waals surface area contributed by atoms with Gasteiger partial charge in [0.05, 0.1) is 0 Å². The second kappa shape index (κ2) is 5.88. The van der Waals surface area contributed by atoms with Crippen molar-refractivity contribution in [1.82, 2.24) is 9.97 Å². The van der Waals surface area contributed by atoms with Crippen molar-refractivity contribution in [2.24, 2.45) is 5.84 Å². The first-order valence-corrected chi connectivity index (χ1v) is 6.69. The van der Waals surface area contributed by atoms with Gasteiger partial charge in [-0.05, 0) is 31.0 Å². The predicted molar refractivity (Wildman–Crippen MR) is 83.1 cm³/mol. The number of benzene rings is 1. The van der Waals surface area contributed by atoms with Crippen LogP contribution in [0.25, 0.3) is 0 Å². The lowest BCUT2D eigenvalue weighted by Crippen LogP contribution is -2.12. The predicted octanol–water partition coefficient (Wildman–Crippen LogP) is 3.25.